The van der Waals surface area contributed by atoms with E-state index < -0.39 is 5.97 Å². The van der Waals surface area contributed by atoms with Crippen molar-refractivity contribution in [2.45, 2.75) is 13.8 Å². The lowest BCUT2D eigenvalue weighted by atomic mass is 10.2. The predicted molar refractivity (Wildman–Crippen MR) is 130 cm³/mol. The second kappa shape index (κ2) is 10.7. The van der Waals surface area contributed by atoms with Crippen molar-refractivity contribution in [1.82, 2.24) is 4.90 Å². The molecule has 1 fully saturated rings. The molecule has 1 heterocycles. The minimum absolute atomic E-state index is 0.154. The van der Waals surface area contributed by atoms with Crippen LogP contribution >= 0.6 is 27.7 Å². The number of methoxy groups -OCH3 is 1. The van der Waals surface area contributed by atoms with Gasteiger partial charge in [-0.05, 0) is 73.6 Å². The molecule has 1 aliphatic heterocycles. The number of rotatable bonds is 7. The Labute approximate surface area is 199 Å². The predicted octanol–water partition coefficient (Wildman–Crippen LogP) is 5.27. The molecule has 2 aromatic rings. The van der Waals surface area contributed by atoms with Crippen LogP contribution in [0, 0.1) is 0 Å². The summed E-state index contributed by atoms with van der Waals surface area (Å²) < 4.78 is 16.8. The summed E-state index contributed by atoms with van der Waals surface area (Å²) in [5, 5.41) is 0.541. The fraction of sp³-hybridized carbons (Fsp3) is 0.261. The van der Waals surface area contributed by atoms with E-state index in [1.54, 1.807) is 37.4 Å². The molecule has 0 N–H and O–H groups in total. The number of thioether (sulfide) groups is 1. The van der Waals surface area contributed by atoms with E-state index in [0.717, 1.165) is 10.0 Å². The molecule has 0 aromatic heterocycles. The van der Waals surface area contributed by atoms with Gasteiger partial charge in [0.25, 0.3) is 5.91 Å². The second-order valence-corrected chi connectivity index (χ2v) is 8.46. The van der Waals surface area contributed by atoms with Crippen molar-refractivity contribution in [1.29, 1.82) is 0 Å². The monoisotopic (exact) mass is 518 g/mol. The molecule has 2 aromatic carbocycles. The minimum Gasteiger partial charge on any atom is -0.490 e. The third-order valence-electron chi connectivity index (χ3n) is 4.47. The fourth-order valence-electron chi connectivity index (χ4n) is 2.89. The number of halogens is 1. The molecule has 3 rings (SSSR count). The highest BCUT2D eigenvalue weighted by atomic mass is 79.9. The number of amides is 1. The van der Waals surface area contributed by atoms with Crippen LogP contribution in [0.3, 0.4) is 0 Å². The highest BCUT2D eigenvalue weighted by Gasteiger charge is 2.30. The Kier molecular flexibility index (Phi) is 7.98. The molecule has 0 bridgehead atoms. The average Bonchev–Trinajstić information content (AvgIpc) is 3.04. The summed E-state index contributed by atoms with van der Waals surface area (Å²) in [6.45, 7) is 4.83. The number of nitrogens with zero attached hydrogens (tertiary/aromatic N) is 2. The number of ether oxygens (including phenoxy) is 3. The van der Waals surface area contributed by atoms with E-state index in [0.29, 0.717) is 46.0 Å². The number of aliphatic imine (C=N–C) groups is 1. The van der Waals surface area contributed by atoms with Crippen LogP contribution in [0.15, 0.2) is 50.8 Å². The first-order valence-electron chi connectivity index (χ1n) is 9.91. The Balaban J connectivity index is 1.89. The van der Waals surface area contributed by atoms with Crippen LogP contribution in [0.25, 0.3) is 6.08 Å². The first kappa shape index (κ1) is 23.9. The molecule has 168 valence electrons. The summed E-state index contributed by atoms with van der Waals surface area (Å²) in [6, 6.07) is 10.4. The maximum Gasteiger partial charge on any atom is 0.337 e. The second-order valence-electron chi connectivity index (χ2n) is 6.59. The number of hydrogen-bond acceptors (Lipinski definition) is 7. The van der Waals surface area contributed by atoms with Crippen LogP contribution in [0.2, 0.25) is 0 Å². The zero-order valence-corrected chi connectivity index (χ0v) is 20.6. The van der Waals surface area contributed by atoms with Gasteiger partial charge in [0, 0.05) is 11.5 Å². The summed E-state index contributed by atoms with van der Waals surface area (Å²) in [7, 11) is 3.01. The van der Waals surface area contributed by atoms with Crippen LogP contribution in [0.5, 0.6) is 11.5 Å². The maximum atomic E-state index is 12.8. The Hall–Kier alpha value is -2.78. The third-order valence-corrected chi connectivity index (χ3v) is 6.21. The summed E-state index contributed by atoms with van der Waals surface area (Å²) in [5.41, 5.74) is 1.86. The van der Waals surface area contributed by atoms with Crippen LogP contribution < -0.4 is 9.47 Å². The molecule has 1 aliphatic rings. The Morgan fingerprint density at radius 3 is 2.34 bits per heavy atom. The molecule has 1 amide bonds. The largest absolute Gasteiger partial charge is 0.490 e. The van der Waals surface area contributed by atoms with Crippen molar-refractivity contribution in [2.24, 2.45) is 4.99 Å². The molecular weight excluding hydrogens is 496 g/mol. The minimum atomic E-state index is -0.413. The van der Waals surface area contributed by atoms with E-state index in [4.69, 9.17) is 14.2 Å². The van der Waals surface area contributed by atoms with Crippen LogP contribution in [0.4, 0.5) is 5.69 Å². The van der Waals surface area contributed by atoms with Crippen LogP contribution in [-0.4, -0.2) is 49.3 Å². The Bertz CT molecular complexity index is 1080. The van der Waals surface area contributed by atoms with Gasteiger partial charge in [0.15, 0.2) is 16.7 Å². The van der Waals surface area contributed by atoms with Crippen LogP contribution in [-0.2, 0) is 9.53 Å². The van der Waals surface area contributed by atoms with E-state index in [2.05, 4.69) is 20.9 Å². The van der Waals surface area contributed by atoms with Gasteiger partial charge in [0.2, 0.25) is 0 Å². The van der Waals surface area contributed by atoms with Crippen molar-refractivity contribution < 1.29 is 23.8 Å². The van der Waals surface area contributed by atoms with Gasteiger partial charge in [-0.3, -0.25) is 9.69 Å². The van der Waals surface area contributed by atoms with E-state index >= 15 is 0 Å². The lowest BCUT2D eigenvalue weighted by Crippen LogP contribution is -2.23. The van der Waals surface area contributed by atoms with Gasteiger partial charge in [-0.2, -0.15) is 0 Å². The quantitative estimate of drug-likeness (QED) is 0.367. The maximum absolute atomic E-state index is 12.8. The first-order chi connectivity index (χ1) is 15.4. The van der Waals surface area contributed by atoms with E-state index in [9.17, 15) is 9.59 Å². The first-order valence-corrected chi connectivity index (χ1v) is 11.5. The molecule has 0 aliphatic carbocycles. The molecule has 0 unspecified atom stereocenters. The molecule has 0 radical (unpaired) electrons. The van der Waals surface area contributed by atoms with E-state index in [1.807, 2.05) is 26.0 Å². The number of benzene rings is 2. The fourth-order valence-corrected chi connectivity index (χ4v) is 4.31. The molecule has 0 spiro atoms. The van der Waals surface area contributed by atoms with Crippen molar-refractivity contribution in [2.75, 3.05) is 27.4 Å². The van der Waals surface area contributed by atoms with E-state index in [1.165, 1.54) is 23.8 Å². The molecule has 0 atom stereocenters. The van der Waals surface area contributed by atoms with Gasteiger partial charge in [0.1, 0.15) is 0 Å². The zero-order valence-electron chi connectivity index (χ0n) is 18.2. The topological polar surface area (TPSA) is 77.4 Å². The van der Waals surface area contributed by atoms with Gasteiger partial charge in [-0.15, -0.1) is 0 Å². The number of esters is 1. The Morgan fingerprint density at radius 1 is 1.12 bits per heavy atom. The van der Waals surface area contributed by atoms with Gasteiger partial charge in [-0.1, -0.05) is 15.9 Å². The molecule has 32 heavy (non-hydrogen) atoms. The van der Waals surface area contributed by atoms with Gasteiger partial charge < -0.3 is 14.2 Å². The molecule has 0 saturated carbocycles. The lowest BCUT2D eigenvalue weighted by molar-refractivity contribution is -0.121. The van der Waals surface area contributed by atoms with Crippen molar-refractivity contribution in [3.63, 3.8) is 0 Å². The number of carbonyl (C=O) groups is 2. The summed E-state index contributed by atoms with van der Waals surface area (Å²) >= 11 is 4.83. The van der Waals surface area contributed by atoms with Gasteiger partial charge in [-0.25, -0.2) is 9.79 Å². The van der Waals surface area contributed by atoms with Crippen molar-refractivity contribution in [3.8, 4) is 11.5 Å². The molecule has 9 heteroatoms. The standard InChI is InChI=1S/C23H23BrN2O5S/c1-5-30-18-11-15(17(24)13-19(18)31-6-2)12-20-21(27)26(3)23(32-20)25-16-9-7-14(8-10-16)22(28)29-4/h7-13H,5-6H2,1-4H3/b20-12-,25-23?. The highest BCUT2D eigenvalue weighted by molar-refractivity contribution is 9.10. The molecular formula is C23H23BrN2O5S. The highest BCUT2D eigenvalue weighted by Crippen LogP contribution is 2.38. The number of carbonyl (C=O) groups excluding carboxylic acids is 2. The smallest absolute Gasteiger partial charge is 0.337 e. The normalized spacial score (nSPS) is 16.0. The number of likely N-dealkylation sites (N-methyl/N-ethyl adjacent to an activating group) is 1. The zero-order chi connectivity index (χ0) is 23.3. The SMILES string of the molecule is CCOc1cc(Br)c(/C=C2\SC(=Nc3ccc(C(=O)OC)cc3)N(C)C2=O)cc1OCC. The summed E-state index contributed by atoms with van der Waals surface area (Å²) in [5.74, 6) is 0.694. The van der Waals surface area contributed by atoms with Gasteiger partial charge >= 0.3 is 5.97 Å². The lowest BCUT2D eigenvalue weighted by Gasteiger charge is -2.13. The van der Waals surface area contributed by atoms with Gasteiger partial charge in [0.05, 0.1) is 36.5 Å². The van der Waals surface area contributed by atoms with Crippen molar-refractivity contribution >= 4 is 56.5 Å². The molecule has 1 saturated heterocycles. The summed E-state index contributed by atoms with van der Waals surface area (Å²) in [6.07, 6.45) is 1.80. The summed E-state index contributed by atoms with van der Waals surface area (Å²) in [4.78, 5) is 31.0. The van der Waals surface area contributed by atoms with E-state index in [-0.39, 0.29) is 5.91 Å². The van der Waals surface area contributed by atoms with Crippen molar-refractivity contribution in [3.05, 3.63) is 56.9 Å². The number of amidine groups is 1. The van der Waals surface area contributed by atoms with Crippen LogP contribution in [0.1, 0.15) is 29.8 Å². The molecule has 7 nitrogen and oxygen atoms in total. The number of hydrogen-bond donors (Lipinski definition) is 0. The Morgan fingerprint density at radius 2 is 1.75 bits per heavy atom. The third kappa shape index (κ3) is 5.34. The average molecular weight is 519 g/mol.